The van der Waals surface area contributed by atoms with Gasteiger partial charge in [-0.1, -0.05) is 6.42 Å². The summed E-state index contributed by atoms with van der Waals surface area (Å²) in [4.78, 5) is 41.8. The highest BCUT2D eigenvalue weighted by Crippen LogP contribution is 2.39. The van der Waals surface area contributed by atoms with Crippen LogP contribution in [-0.2, 0) is 29.6 Å². The Morgan fingerprint density at radius 3 is 2.51 bits per heavy atom. The van der Waals surface area contributed by atoms with Gasteiger partial charge in [0.1, 0.15) is 23.4 Å². The van der Waals surface area contributed by atoms with Crippen molar-refractivity contribution >= 4 is 11.9 Å². The Balaban J connectivity index is 1.52. The van der Waals surface area contributed by atoms with E-state index in [1.807, 2.05) is 0 Å². The molecule has 1 aliphatic carbocycles. The van der Waals surface area contributed by atoms with E-state index in [0.29, 0.717) is 22.6 Å². The Bertz CT molecular complexity index is 1460. The van der Waals surface area contributed by atoms with Gasteiger partial charge in [0, 0.05) is 11.8 Å². The summed E-state index contributed by atoms with van der Waals surface area (Å²) in [5, 5.41) is 8.73. The van der Waals surface area contributed by atoms with Gasteiger partial charge < -0.3 is 29.7 Å². The maximum Gasteiger partial charge on any atom is 0.317 e. The molecule has 3 aromatic rings. The number of amides is 1. The average molecular weight is 565 g/mol. The number of hydrogen-bond donors (Lipinski definition) is 2. The minimum Gasteiger partial charge on any atom is -0.460 e. The number of benzene rings is 1. The van der Waals surface area contributed by atoms with Crippen molar-refractivity contribution in [2.75, 3.05) is 19.8 Å². The molecule has 12 nitrogen and oxygen atoms in total. The van der Waals surface area contributed by atoms with E-state index in [4.69, 9.17) is 29.9 Å². The molecule has 5 rings (SSSR count). The Morgan fingerprint density at radius 2 is 1.85 bits per heavy atom. The monoisotopic (exact) mass is 564 g/mol. The Morgan fingerprint density at radius 1 is 1.15 bits per heavy atom. The Kier molecular flexibility index (Phi) is 7.96. The van der Waals surface area contributed by atoms with E-state index in [9.17, 15) is 14.0 Å². The molecule has 2 aliphatic rings. The first kappa shape index (κ1) is 28.1. The number of esters is 1. The topological polar surface area (TPSA) is 175 Å². The first-order valence-corrected chi connectivity index (χ1v) is 13.2. The summed E-state index contributed by atoms with van der Waals surface area (Å²) in [6.45, 7) is 0.456. The lowest BCUT2D eigenvalue weighted by molar-refractivity contribution is -0.293. The van der Waals surface area contributed by atoms with Crippen molar-refractivity contribution < 1.29 is 32.9 Å². The number of imidazole rings is 1. The van der Waals surface area contributed by atoms with Gasteiger partial charge in [0.25, 0.3) is 5.91 Å². The predicted molar refractivity (Wildman–Crippen MR) is 140 cm³/mol. The molecule has 0 bridgehead atoms. The molecule has 0 atom stereocenters. The number of nitrogens with zero attached hydrogens (tertiary/aromatic N) is 4. The van der Waals surface area contributed by atoms with E-state index in [-0.39, 0.29) is 31.2 Å². The number of hydrogen-bond acceptors (Lipinski definition) is 10. The van der Waals surface area contributed by atoms with E-state index in [0.717, 1.165) is 25.7 Å². The second kappa shape index (κ2) is 11.6. The minimum absolute atomic E-state index is 0.0178. The Labute approximate surface area is 235 Å². The number of rotatable bonds is 8. The van der Waals surface area contributed by atoms with Crippen LogP contribution in [0.5, 0.6) is 6.01 Å². The zero-order valence-corrected chi connectivity index (χ0v) is 22.4. The average Bonchev–Trinajstić information content (AvgIpc) is 3.43. The van der Waals surface area contributed by atoms with E-state index in [2.05, 4.69) is 19.9 Å². The summed E-state index contributed by atoms with van der Waals surface area (Å²) < 4.78 is 36.4. The quantitative estimate of drug-likeness (QED) is 0.387. The lowest BCUT2D eigenvalue weighted by atomic mass is 9.91. The van der Waals surface area contributed by atoms with Gasteiger partial charge in [-0.05, 0) is 62.9 Å². The predicted octanol–water partition coefficient (Wildman–Crippen LogP) is 3.14. The van der Waals surface area contributed by atoms with E-state index in [1.54, 1.807) is 18.3 Å². The molecule has 3 N–H and O–H groups in total. The first-order chi connectivity index (χ1) is 19.7. The Hall–Kier alpha value is -4.41. The summed E-state index contributed by atoms with van der Waals surface area (Å²) in [6.07, 6.45) is 6.73. The number of carbonyl (C=O) groups excluding carboxylic acids is 2. The normalized spacial score (nSPS) is 23.0. The number of carbonyl (C=O) groups is 2. The first-order valence-electron chi connectivity index (χ1n) is 13.2. The molecule has 41 heavy (non-hydrogen) atoms. The van der Waals surface area contributed by atoms with Gasteiger partial charge in [0.15, 0.2) is 12.4 Å². The number of H-pyrrole nitrogens is 1. The SMILES string of the molecule is CC1(C(=O)OCC#N)COC(C(N)=O)(c2nc(-c3ccc(F)cc3)c(-c3ccnc(OC4CCCCC4)n3)[nH]2)OC1. The highest BCUT2D eigenvalue weighted by molar-refractivity contribution is 5.85. The van der Waals surface area contributed by atoms with Crippen LogP contribution >= 0.6 is 0 Å². The van der Waals surface area contributed by atoms with Gasteiger partial charge in [-0.15, -0.1) is 0 Å². The molecule has 13 heteroatoms. The van der Waals surface area contributed by atoms with Gasteiger partial charge in [-0.2, -0.15) is 10.2 Å². The number of nitriles is 1. The molecule has 2 fully saturated rings. The third-order valence-electron chi connectivity index (χ3n) is 7.12. The highest BCUT2D eigenvalue weighted by atomic mass is 19.1. The number of primary amides is 1. The summed E-state index contributed by atoms with van der Waals surface area (Å²) in [6, 6.07) is 9.17. The van der Waals surface area contributed by atoms with Crippen molar-refractivity contribution in [3.8, 4) is 34.7 Å². The second-order valence-corrected chi connectivity index (χ2v) is 10.3. The number of halogens is 1. The molecule has 1 saturated heterocycles. The maximum atomic E-state index is 13.8. The molecule has 1 aromatic carbocycles. The summed E-state index contributed by atoms with van der Waals surface area (Å²) >= 11 is 0. The lowest BCUT2D eigenvalue weighted by Gasteiger charge is -2.40. The summed E-state index contributed by atoms with van der Waals surface area (Å²) in [7, 11) is 0. The van der Waals surface area contributed by atoms with Crippen molar-refractivity contribution in [3.63, 3.8) is 0 Å². The molecule has 0 unspecified atom stereocenters. The molecular weight excluding hydrogens is 535 g/mol. The molecule has 214 valence electrons. The molecule has 2 aromatic heterocycles. The van der Waals surface area contributed by atoms with Gasteiger partial charge in [0.2, 0.25) is 0 Å². The van der Waals surface area contributed by atoms with Crippen LogP contribution in [0.4, 0.5) is 4.39 Å². The molecule has 1 aliphatic heterocycles. The van der Waals surface area contributed by atoms with Crippen LogP contribution in [0.1, 0.15) is 44.9 Å². The highest BCUT2D eigenvalue weighted by Gasteiger charge is 2.54. The van der Waals surface area contributed by atoms with Crippen molar-refractivity contribution in [2.45, 2.75) is 50.9 Å². The van der Waals surface area contributed by atoms with E-state index < -0.39 is 35.5 Å². The zero-order chi connectivity index (χ0) is 29.0. The smallest absolute Gasteiger partial charge is 0.317 e. The van der Waals surface area contributed by atoms with Crippen LogP contribution < -0.4 is 10.5 Å². The van der Waals surface area contributed by atoms with Crippen molar-refractivity contribution in [3.05, 3.63) is 48.2 Å². The largest absolute Gasteiger partial charge is 0.460 e. The number of nitrogens with one attached hydrogen (secondary N) is 1. The number of nitrogens with two attached hydrogens (primary N) is 1. The molecule has 0 spiro atoms. The minimum atomic E-state index is -2.18. The molecule has 1 saturated carbocycles. The summed E-state index contributed by atoms with van der Waals surface area (Å²) in [5.74, 6) is -4.46. The third-order valence-corrected chi connectivity index (χ3v) is 7.12. The van der Waals surface area contributed by atoms with Crippen LogP contribution in [0.3, 0.4) is 0 Å². The van der Waals surface area contributed by atoms with Crippen LogP contribution in [0.2, 0.25) is 0 Å². The van der Waals surface area contributed by atoms with Crippen LogP contribution in [0.25, 0.3) is 22.6 Å². The van der Waals surface area contributed by atoms with Gasteiger partial charge in [0.05, 0.1) is 30.3 Å². The fourth-order valence-electron chi connectivity index (χ4n) is 4.79. The van der Waals surface area contributed by atoms with Crippen molar-refractivity contribution in [1.82, 2.24) is 19.9 Å². The van der Waals surface area contributed by atoms with Gasteiger partial charge in [-0.25, -0.2) is 14.4 Å². The van der Waals surface area contributed by atoms with Gasteiger partial charge >= 0.3 is 17.8 Å². The van der Waals surface area contributed by atoms with Crippen LogP contribution in [0.15, 0.2) is 36.5 Å². The fourth-order valence-corrected chi connectivity index (χ4v) is 4.79. The number of aromatic amines is 1. The number of ether oxygens (including phenoxy) is 4. The number of aromatic nitrogens is 4. The summed E-state index contributed by atoms with van der Waals surface area (Å²) in [5.41, 5.74) is 6.04. The van der Waals surface area contributed by atoms with Crippen LogP contribution in [-0.4, -0.2) is 57.7 Å². The van der Waals surface area contributed by atoms with Gasteiger partial charge in [-0.3, -0.25) is 9.59 Å². The van der Waals surface area contributed by atoms with E-state index >= 15 is 0 Å². The fraction of sp³-hybridized carbons (Fsp3) is 0.429. The maximum absolute atomic E-state index is 13.8. The van der Waals surface area contributed by atoms with Crippen LogP contribution in [0, 0.1) is 22.6 Å². The molecule has 0 radical (unpaired) electrons. The van der Waals surface area contributed by atoms with E-state index in [1.165, 1.54) is 37.6 Å². The van der Waals surface area contributed by atoms with Crippen molar-refractivity contribution in [2.24, 2.45) is 11.1 Å². The standard InChI is InChI=1S/C28H29FN6O6/c1-27(25(37)38-14-12-30)15-39-28(23(31)36,40-16-27)24-34-21(17-7-9-18(29)10-8-17)22(35-24)20-11-13-32-26(33-20)41-19-5-3-2-4-6-19/h7-11,13,19H,2-6,14-16H2,1H3,(H2,31,36)(H,34,35). The molecule has 3 heterocycles. The zero-order valence-electron chi connectivity index (χ0n) is 22.4. The lowest BCUT2D eigenvalue weighted by Crippen LogP contribution is -2.56. The molecular formula is C28H29FN6O6. The second-order valence-electron chi connectivity index (χ2n) is 10.3. The van der Waals surface area contributed by atoms with Crippen molar-refractivity contribution in [1.29, 1.82) is 5.26 Å². The third kappa shape index (κ3) is 5.75. The molecule has 1 amide bonds.